The van der Waals surface area contributed by atoms with E-state index in [0.29, 0.717) is 24.9 Å². The molecule has 0 heterocycles. The number of aromatic carboxylic acids is 1. The van der Waals surface area contributed by atoms with Crippen LogP contribution in [0.5, 0.6) is 5.75 Å². The van der Waals surface area contributed by atoms with Crippen molar-refractivity contribution >= 4 is 29.7 Å². The predicted octanol–water partition coefficient (Wildman–Crippen LogP) is 3.93. The fourth-order valence-corrected chi connectivity index (χ4v) is 4.99. The third-order valence-corrected chi connectivity index (χ3v) is 7.42. The monoisotopic (exact) mass is 645 g/mol. The van der Waals surface area contributed by atoms with Gasteiger partial charge in [-0.1, -0.05) is 86.5 Å². The van der Waals surface area contributed by atoms with Crippen LogP contribution in [-0.4, -0.2) is 65.1 Å². The largest absolute Gasteiger partial charge is 0.481 e. The Bertz CT molecular complexity index is 1480. The number of hydrogen-bond acceptors (Lipinski definition) is 6. The maximum Gasteiger partial charge on any atom is 0.341 e. The molecule has 2 atom stereocenters. The lowest BCUT2D eigenvalue weighted by Crippen LogP contribution is -2.55. The molecule has 0 bridgehead atoms. The molecule has 0 radical (unpaired) electrons. The Labute approximate surface area is 274 Å². The van der Waals surface area contributed by atoms with Gasteiger partial charge >= 0.3 is 11.9 Å². The lowest BCUT2D eigenvalue weighted by molar-refractivity contribution is -0.139. The highest BCUT2D eigenvalue weighted by molar-refractivity contribution is 5.93. The van der Waals surface area contributed by atoms with Gasteiger partial charge in [0.25, 0.3) is 0 Å². The van der Waals surface area contributed by atoms with Gasteiger partial charge in [-0.15, -0.1) is 0 Å². The number of carboxylic acids is 2. The molecule has 11 nitrogen and oxygen atoms in total. The molecule has 3 aromatic rings. The van der Waals surface area contributed by atoms with E-state index in [1.165, 1.54) is 18.2 Å². The van der Waals surface area contributed by atoms with E-state index in [0.717, 1.165) is 30.4 Å². The summed E-state index contributed by atoms with van der Waals surface area (Å²) in [6.07, 6.45) is 4.26. The summed E-state index contributed by atoms with van der Waals surface area (Å²) in [5.74, 6) is -4.04. The third-order valence-electron chi connectivity index (χ3n) is 7.42. The molecule has 0 spiro atoms. The first kappa shape index (κ1) is 36.3. The third kappa shape index (κ3) is 13.0. The Morgan fingerprint density at radius 1 is 0.723 bits per heavy atom. The van der Waals surface area contributed by atoms with Crippen molar-refractivity contribution in [2.45, 2.75) is 70.4 Å². The van der Waals surface area contributed by atoms with E-state index in [9.17, 15) is 29.1 Å². The van der Waals surface area contributed by atoms with E-state index in [4.69, 9.17) is 9.84 Å². The van der Waals surface area contributed by atoms with Crippen molar-refractivity contribution in [3.63, 3.8) is 0 Å². The SMILES string of the molecule is CCCCCNC(=O)[C@H](Cc1ccc(OCC(=O)O)c(C(=O)O)c1)NC(=O)[C@H](Cc1ccccc1)NC(=O)CCCc1ccccc1. The quantitative estimate of drug-likeness (QED) is 0.115. The maximum atomic E-state index is 13.8. The summed E-state index contributed by atoms with van der Waals surface area (Å²) >= 11 is 0. The second-order valence-electron chi connectivity index (χ2n) is 11.2. The van der Waals surface area contributed by atoms with Crippen LogP contribution in [0.25, 0.3) is 0 Å². The Morgan fingerprint density at radius 3 is 2.00 bits per heavy atom. The number of aryl methyl sites for hydroxylation is 1. The lowest BCUT2D eigenvalue weighted by atomic mass is 10.00. The maximum absolute atomic E-state index is 13.8. The zero-order chi connectivity index (χ0) is 34.0. The first-order valence-corrected chi connectivity index (χ1v) is 15.8. The number of hydrogen-bond donors (Lipinski definition) is 5. The van der Waals surface area contributed by atoms with Crippen LogP contribution in [0.1, 0.15) is 66.1 Å². The molecule has 47 heavy (non-hydrogen) atoms. The number of unbranched alkanes of at least 4 members (excludes halogenated alkanes) is 2. The minimum Gasteiger partial charge on any atom is -0.481 e. The number of amides is 3. The lowest BCUT2D eigenvalue weighted by Gasteiger charge is -2.24. The average molecular weight is 646 g/mol. The standard InChI is InChI=1S/C36H43N3O8/c1-2-3-10-20-37-34(43)29(23-27-18-19-31(47-24-33(41)42)28(21-27)36(45)46)39-35(44)30(22-26-14-8-5-9-15-26)38-32(40)17-11-16-25-12-6-4-7-13-25/h4-9,12-15,18-19,21,29-30H,2-3,10-11,16-17,20,22-24H2,1H3,(H,37,43)(H,38,40)(H,39,44)(H,41,42)(H,45,46)/t29-,30-/m0/s1. The van der Waals surface area contributed by atoms with Crippen LogP contribution in [0.4, 0.5) is 0 Å². The number of benzene rings is 3. The highest BCUT2D eigenvalue weighted by Crippen LogP contribution is 2.21. The van der Waals surface area contributed by atoms with Crippen LogP contribution in [0.2, 0.25) is 0 Å². The van der Waals surface area contributed by atoms with Crippen molar-refractivity contribution in [2.24, 2.45) is 0 Å². The number of carboxylic acid groups (broad SMARTS) is 2. The molecule has 0 aliphatic carbocycles. The number of carbonyl (C=O) groups excluding carboxylic acids is 3. The minimum absolute atomic E-state index is 0.0616. The van der Waals surface area contributed by atoms with Gasteiger partial charge in [-0.25, -0.2) is 9.59 Å². The van der Waals surface area contributed by atoms with Gasteiger partial charge in [0.15, 0.2) is 6.61 Å². The summed E-state index contributed by atoms with van der Waals surface area (Å²) < 4.78 is 5.12. The second kappa shape index (κ2) is 19.4. The number of aliphatic carboxylic acids is 1. The zero-order valence-corrected chi connectivity index (χ0v) is 26.6. The van der Waals surface area contributed by atoms with E-state index in [1.54, 1.807) is 0 Å². The molecule has 0 unspecified atom stereocenters. The summed E-state index contributed by atoms with van der Waals surface area (Å²) in [6.45, 7) is 1.71. The fraction of sp³-hybridized carbons (Fsp3) is 0.361. The molecule has 3 aromatic carbocycles. The van der Waals surface area contributed by atoms with Crippen molar-refractivity contribution in [3.05, 3.63) is 101 Å². The van der Waals surface area contributed by atoms with Gasteiger partial charge in [0, 0.05) is 25.8 Å². The molecular weight excluding hydrogens is 602 g/mol. The van der Waals surface area contributed by atoms with Gasteiger partial charge in [0.2, 0.25) is 17.7 Å². The molecule has 0 fully saturated rings. The number of rotatable bonds is 20. The normalized spacial score (nSPS) is 11.9. The summed E-state index contributed by atoms with van der Waals surface area (Å²) in [6, 6.07) is 21.1. The molecule has 3 rings (SSSR count). The Morgan fingerprint density at radius 2 is 1.36 bits per heavy atom. The summed E-state index contributed by atoms with van der Waals surface area (Å²) in [5, 5.41) is 27.1. The molecule has 250 valence electrons. The van der Waals surface area contributed by atoms with Crippen LogP contribution >= 0.6 is 0 Å². The van der Waals surface area contributed by atoms with Crippen LogP contribution in [0.15, 0.2) is 78.9 Å². The summed E-state index contributed by atoms with van der Waals surface area (Å²) in [5.41, 5.74) is 2.06. The number of nitrogens with one attached hydrogen (secondary N) is 3. The first-order valence-electron chi connectivity index (χ1n) is 15.8. The van der Waals surface area contributed by atoms with Gasteiger partial charge in [0.05, 0.1) is 0 Å². The van der Waals surface area contributed by atoms with E-state index < -0.39 is 42.4 Å². The highest BCUT2D eigenvalue weighted by Gasteiger charge is 2.28. The van der Waals surface area contributed by atoms with Gasteiger partial charge in [-0.3, -0.25) is 14.4 Å². The van der Waals surface area contributed by atoms with Crippen molar-refractivity contribution in [1.29, 1.82) is 0 Å². The molecule has 0 saturated carbocycles. The first-order chi connectivity index (χ1) is 22.7. The van der Waals surface area contributed by atoms with Crippen LogP contribution < -0.4 is 20.7 Å². The van der Waals surface area contributed by atoms with Crippen molar-refractivity contribution in [3.8, 4) is 5.75 Å². The average Bonchev–Trinajstić information content (AvgIpc) is 3.06. The van der Waals surface area contributed by atoms with Crippen molar-refractivity contribution in [1.82, 2.24) is 16.0 Å². The molecule has 0 aromatic heterocycles. The molecule has 11 heteroatoms. The number of ether oxygens (including phenoxy) is 1. The van der Waals surface area contributed by atoms with Gasteiger partial charge < -0.3 is 30.9 Å². The van der Waals surface area contributed by atoms with Crippen molar-refractivity contribution in [2.75, 3.05) is 13.2 Å². The smallest absolute Gasteiger partial charge is 0.341 e. The Balaban J connectivity index is 1.79. The van der Waals surface area contributed by atoms with E-state index in [1.807, 2.05) is 67.6 Å². The molecule has 0 saturated heterocycles. The van der Waals surface area contributed by atoms with E-state index >= 15 is 0 Å². The molecular formula is C36H43N3O8. The van der Waals surface area contributed by atoms with Gasteiger partial charge in [-0.05, 0) is 48.1 Å². The summed E-state index contributed by atoms with van der Waals surface area (Å²) in [4.78, 5) is 63.0. The minimum atomic E-state index is -1.34. The van der Waals surface area contributed by atoms with Gasteiger partial charge in [0.1, 0.15) is 23.4 Å². The topological polar surface area (TPSA) is 171 Å². The Kier molecular flexibility index (Phi) is 14.9. The zero-order valence-electron chi connectivity index (χ0n) is 26.6. The highest BCUT2D eigenvalue weighted by atomic mass is 16.5. The molecule has 0 aliphatic heterocycles. The van der Waals surface area contributed by atoms with Crippen LogP contribution in [-0.2, 0) is 38.4 Å². The predicted molar refractivity (Wildman–Crippen MR) is 176 cm³/mol. The Hall–Kier alpha value is -5.19. The van der Waals surface area contributed by atoms with Gasteiger partial charge in [-0.2, -0.15) is 0 Å². The second-order valence-corrected chi connectivity index (χ2v) is 11.2. The fourth-order valence-electron chi connectivity index (χ4n) is 4.99. The summed E-state index contributed by atoms with van der Waals surface area (Å²) in [7, 11) is 0. The molecule has 0 aliphatic rings. The molecule has 3 amide bonds. The van der Waals surface area contributed by atoms with Crippen LogP contribution in [0, 0.1) is 0 Å². The van der Waals surface area contributed by atoms with Crippen molar-refractivity contribution < 1.29 is 38.9 Å². The van der Waals surface area contributed by atoms with Crippen LogP contribution in [0.3, 0.4) is 0 Å². The number of carbonyl (C=O) groups is 5. The van der Waals surface area contributed by atoms with E-state index in [-0.39, 0.29) is 36.5 Å². The molecule has 5 N–H and O–H groups in total. The van der Waals surface area contributed by atoms with E-state index in [2.05, 4.69) is 16.0 Å².